The van der Waals surface area contributed by atoms with Crippen LogP contribution in [-0.4, -0.2) is 32.4 Å². The molecule has 2 aromatic rings. The van der Waals surface area contributed by atoms with E-state index in [0.29, 0.717) is 5.02 Å². The average molecular weight is 383 g/mol. The van der Waals surface area contributed by atoms with Crippen molar-refractivity contribution in [3.05, 3.63) is 64.9 Å². The van der Waals surface area contributed by atoms with Crippen LogP contribution in [0.2, 0.25) is 5.02 Å². The number of sulfonamides is 1. The number of nitrogens with zero attached hydrogens (tertiary/aromatic N) is 1. The third-order valence-corrected chi connectivity index (χ3v) is 6.11. The molecule has 0 amide bonds. The van der Waals surface area contributed by atoms with Gasteiger partial charge in [0.1, 0.15) is 5.82 Å². The fourth-order valence-electron chi connectivity index (χ4n) is 2.98. The van der Waals surface area contributed by atoms with Gasteiger partial charge in [0.2, 0.25) is 10.0 Å². The lowest BCUT2D eigenvalue weighted by Crippen LogP contribution is -2.44. The third-order valence-electron chi connectivity index (χ3n) is 4.34. The van der Waals surface area contributed by atoms with Crippen molar-refractivity contribution in [1.82, 2.24) is 9.62 Å². The summed E-state index contributed by atoms with van der Waals surface area (Å²) >= 11 is 5.89. The lowest BCUT2D eigenvalue weighted by molar-refractivity contribution is 0.200. The molecule has 1 N–H and O–H groups in total. The second-order valence-corrected chi connectivity index (χ2v) is 8.41. The van der Waals surface area contributed by atoms with Gasteiger partial charge >= 0.3 is 0 Å². The second-order valence-electron chi connectivity index (χ2n) is 6.26. The molecule has 0 saturated carbocycles. The molecule has 0 aromatic heterocycles. The standard InChI is InChI=1S/C18H20ClFN2O2S/c19-15-6-4-14(5-7-15)13-22-10-8-17(9-11-22)21-25(23,24)18-3-1-2-16(20)12-18/h1-7,12,17,21H,8-11,13H2. The molecule has 7 heteroatoms. The summed E-state index contributed by atoms with van der Waals surface area (Å²) in [7, 11) is -3.69. The largest absolute Gasteiger partial charge is 0.299 e. The predicted molar refractivity (Wildman–Crippen MR) is 96.5 cm³/mol. The molecular weight excluding hydrogens is 363 g/mol. The zero-order valence-electron chi connectivity index (χ0n) is 13.7. The molecule has 1 aliphatic rings. The molecule has 1 fully saturated rings. The third kappa shape index (κ3) is 5.01. The summed E-state index contributed by atoms with van der Waals surface area (Å²) in [5, 5.41) is 0.717. The van der Waals surface area contributed by atoms with Gasteiger partial charge in [-0.25, -0.2) is 17.5 Å². The summed E-state index contributed by atoms with van der Waals surface area (Å²) in [6, 6.07) is 12.7. The second kappa shape index (κ2) is 7.83. The fourth-order valence-corrected chi connectivity index (χ4v) is 4.44. The van der Waals surface area contributed by atoms with Crippen molar-refractivity contribution in [3.8, 4) is 0 Å². The summed E-state index contributed by atoms with van der Waals surface area (Å²) in [5.74, 6) is -0.555. The minimum atomic E-state index is -3.69. The zero-order chi connectivity index (χ0) is 17.9. The van der Waals surface area contributed by atoms with Crippen LogP contribution in [-0.2, 0) is 16.6 Å². The Labute approximate surface area is 152 Å². The van der Waals surface area contributed by atoms with Gasteiger partial charge in [0.05, 0.1) is 4.90 Å². The molecule has 0 radical (unpaired) electrons. The van der Waals surface area contributed by atoms with E-state index in [4.69, 9.17) is 11.6 Å². The monoisotopic (exact) mass is 382 g/mol. The minimum Gasteiger partial charge on any atom is -0.299 e. The van der Waals surface area contributed by atoms with E-state index < -0.39 is 15.8 Å². The van der Waals surface area contributed by atoms with E-state index in [2.05, 4.69) is 9.62 Å². The molecule has 3 rings (SSSR count). The minimum absolute atomic E-state index is 0.0314. The number of hydrogen-bond donors (Lipinski definition) is 1. The van der Waals surface area contributed by atoms with Crippen LogP contribution in [0.15, 0.2) is 53.4 Å². The summed E-state index contributed by atoms with van der Waals surface area (Å²) in [5.41, 5.74) is 1.18. The highest BCUT2D eigenvalue weighted by Crippen LogP contribution is 2.18. The van der Waals surface area contributed by atoms with Gasteiger partial charge in [0.25, 0.3) is 0 Å². The van der Waals surface area contributed by atoms with Gasteiger partial charge < -0.3 is 0 Å². The Kier molecular flexibility index (Phi) is 5.74. The van der Waals surface area contributed by atoms with Gasteiger partial charge in [-0.2, -0.15) is 0 Å². The SMILES string of the molecule is O=S(=O)(NC1CCN(Cc2ccc(Cl)cc2)CC1)c1cccc(F)c1. The number of nitrogens with one attached hydrogen (secondary N) is 1. The Morgan fingerprint density at radius 1 is 1.12 bits per heavy atom. The van der Waals surface area contributed by atoms with Crippen LogP contribution < -0.4 is 4.72 Å². The molecule has 1 heterocycles. The fraction of sp³-hybridized carbons (Fsp3) is 0.333. The number of hydrogen-bond acceptors (Lipinski definition) is 3. The van der Waals surface area contributed by atoms with Crippen LogP contribution in [0.5, 0.6) is 0 Å². The summed E-state index contributed by atoms with van der Waals surface area (Å²) in [4.78, 5) is 2.26. The first-order valence-corrected chi connectivity index (χ1v) is 10.0. The summed E-state index contributed by atoms with van der Waals surface area (Å²) < 4.78 is 40.7. The maximum absolute atomic E-state index is 13.3. The quantitative estimate of drug-likeness (QED) is 0.862. The van der Waals surface area contributed by atoms with Crippen LogP contribution in [0.25, 0.3) is 0 Å². The molecule has 25 heavy (non-hydrogen) atoms. The Bertz CT molecular complexity index is 819. The van der Waals surface area contributed by atoms with E-state index in [-0.39, 0.29) is 10.9 Å². The molecule has 0 spiro atoms. The van der Waals surface area contributed by atoms with Crippen LogP contribution in [0.4, 0.5) is 4.39 Å². The van der Waals surface area contributed by atoms with Crippen molar-refractivity contribution in [2.75, 3.05) is 13.1 Å². The molecule has 1 aliphatic heterocycles. The average Bonchev–Trinajstić information content (AvgIpc) is 2.58. The highest BCUT2D eigenvalue weighted by molar-refractivity contribution is 7.89. The van der Waals surface area contributed by atoms with E-state index in [9.17, 15) is 12.8 Å². The van der Waals surface area contributed by atoms with E-state index in [1.54, 1.807) is 0 Å². The molecule has 0 bridgehead atoms. The Morgan fingerprint density at radius 3 is 2.44 bits per heavy atom. The van der Waals surface area contributed by atoms with Crippen molar-refractivity contribution in [2.45, 2.75) is 30.3 Å². The van der Waals surface area contributed by atoms with Crippen LogP contribution >= 0.6 is 11.6 Å². The van der Waals surface area contributed by atoms with Crippen molar-refractivity contribution >= 4 is 21.6 Å². The lowest BCUT2D eigenvalue weighted by Gasteiger charge is -2.32. The van der Waals surface area contributed by atoms with E-state index in [1.807, 2.05) is 24.3 Å². The number of rotatable bonds is 5. The number of benzene rings is 2. The molecular formula is C18H20ClFN2O2S. The smallest absolute Gasteiger partial charge is 0.240 e. The summed E-state index contributed by atoms with van der Waals surface area (Å²) in [6.07, 6.45) is 1.45. The Hall–Kier alpha value is -1.47. The molecule has 4 nitrogen and oxygen atoms in total. The zero-order valence-corrected chi connectivity index (χ0v) is 15.2. The van der Waals surface area contributed by atoms with E-state index in [0.717, 1.165) is 38.5 Å². The molecule has 0 atom stereocenters. The lowest BCUT2D eigenvalue weighted by atomic mass is 10.1. The highest BCUT2D eigenvalue weighted by Gasteiger charge is 2.24. The molecule has 134 valence electrons. The first kappa shape index (κ1) is 18.3. The topological polar surface area (TPSA) is 49.4 Å². The number of likely N-dealkylation sites (tertiary alicyclic amines) is 1. The van der Waals surface area contributed by atoms with Crippen LogP contribution in [0, 0.1) is 5.82 Å². The number of piperidine rings is 1. The van der Waals surface area contributed by atoms with Crippen molar-refractivity contribution in [2.24, 2.45) is 0 Å². The van der Waals surface area contributed by atoms with Gasteiger partial charge in [-0.15, -0.1) is 0 Å². The number of halogens is 2. The van der Waals surface area contributed by atoms with E-state index >= 15 is 0 Å². The Morgan fingerprint density at radius 2 is 1.80 bits per heavy atom. The van der Waals surface area contributed by atoms with Crippen molar-refractivity contribution in [3.63, 3.8) is 0 Å². The van der Waals surface area contributed by atoms with Crippen LogP contribution in [0.3, 0.4) is 0 Å². The van der Waals surface area contributed by atoms with Gasteiger partial charge in [-0.3, -0.25) is 4.90 Å². The first-order chi connectivity index (χ1) is 11.9. The molecule has 1 saturated heterocycles. The van der Waals surface area contributed by atoms with E-state index in [1.165, 1.54) is 23.8 Å². The molecule has 0 aliphatic carbocycles. The first-order valence-electron chi connectivity index (χ1n) is 8.17. The molecule has 0 unspecified atom stereocenters. The van der Waals surface area contributed by atoms with Gasteiger partial charge in [-0.1, -0.05) is 29.8 Å². The summed E-state index contributed by atoms with van der Waals surface area (Å²) in [6.45, 7) is 2.43. The van der Waals surface area contributed by atoms with Gasteiger partial charge in [-0.05, 0) is 48.7 Å². The Balaban J connectivity index is 1.54. The van der Waals surface area contributed by atoms with Gasteiger partial charge in [0, 0.05) is 30.7 Å². The van der Waals surface area contributed by atoms with Gasteiger partial charge in [0.15, 0.2) is 0 Å². The van der Waals surface area contributed by atoms with Crippen molar-refractivity contribution in [1.29, 1.82) is 0 Å². The maximum atomic E-state index is 13.3. The highest BCUT2D eigenvalue weighted by atomic mass is 35.5. The maximum Gasteiger partial charge on any atom is 0.240 e. The normalized spacial score (nSPS) is 16.9. The molecule has 2 aromatic carbocycles. The van der Waals surface area contributed by atoms with Crippen LogP contribution in [0.1, 0.15) is 18.4 Å². The van der Waals surface area contributed by atoms with Crippen molar-refractivity contribution < 1.29 is 12.8 Å². The predicted octanol–water partition coefficient (Wildman–Crippen LogP) is 3.42.